The number of Topliss-reactive ketones (excluding diaryl/α,β-unsaturated/α-hetero) is 1. The van der Waals surface area contributed by atoms with Crippen LogP contribution in [-0.2, 0) is 4.79 Å². The first-order valence-corrected chi connectivity index (χ1v) is 12.0. The minimum Gasteiger partial charge on any atom is -0.481 e. The Morgan fingerprint density at radius 3 is 2.13 bits per heavy atom. The lowest BCUT2D eigenvalue weighted by molar-refractivity contribution is -0.151. The van der Waals surface area contributed by atoms with Crippen LogP contribution in [0.5, 0.6) is 5.75 Å². The van der Waals surface area contributed by atoms with Gasteiger partial charge in [0.15, 0.2) is 11.9 Å². The van der Waals surface area contributed by atoms with Crippen molar-refractivity contribution in [3.63, 3.8) is 0 Å². The Morgan fingerprint density at radius 2 is 1.42 bits per heavy atom. The molecule has 0 saturated heterocycles. The summed E-state index contributed by atoms with van der Waals surface area (Å²) in [6.07, 6.45) is 6.93. The Kier molecular flexibility index (Phi) is 3.75. The molecule has 0 radical (unpaired) electrons. The summed E-state index contributed by atoms with van der Waals surface area (Å²) >= 11 is 0. The Labute approximate surface area is 183 Å². The average molecular weight is 409 g/mol. The number of ketones is 1. The first-order valence-electron chi connectivity index (χ1n) is 12.0. The lowest BCUT2D eigenvalue weighted by Gasteiger charge is -2.56. The fraction of sp³-hybridized carbons (Fsp3) is 0.414. The number of ether oxygens (including phenoxy) is 1. The first-order chi connectivity index (χ1) is 15.2. The van der Waals surface area contributed by atoms with Gasteiger partial charge in [0, 0.05) is 11.0 Å². The molecule has 0 amide bonds. The molecule has 0 spiro atoms. The first kappa shape index (κ1) is 18.0. The maximum atomic E-state index is 14.4. The fourth-order valence-corrected chi connectivity index (χ4v) is 7.98. The highest BCUT2D eigenvalue weighted by atomic mass is 16.5. The normalized spacial score (nSPS) is 35.2. The second kappa shape index (κ2) is 6.45. The minimum atomic E-state index is -0.403. The van der Waals surface area contributed by atoms with Crippen molar-refractivity contribution in [3.8, 4) is 5.75 Å². The highest BCUT2D eigenvalue weighted by Gasteiger charge is 2.58. The smallest absolute Gasteiger partial charge is 0.180 e. The number of rotatable bonds is 3. The molecule has 0 aromatic heterocycles. The Morgan fingerprint density at radius 1 is 0.774 bits per heavy atom. The molecule has 5 aliphatic rings. The number of hydrogen-bond acceptors (Lipinski definition) is 2. The number of carbonyl (C=O) groups is 1. The Hall–Kier alpha value is -2.61. The lowest BCUT2D eigenvalue weighted by Crippen LogP contribution is -2.54. The Bertz CT molecular complexity index is 1140. The largest absolute Gasteiger partial charge is 0.481 e. The van der Waals surface area contributed by atoms with Crippen molar-refractivity contribution in [2.75, 3.05) is 0 Å². The molecule has 4 aliphatic carbocycles. The average Bonchev–Trinajstić information content (AvgIpc) is 3.18. The van der Waals surface area contributed by atoms with Crippen molar-refractivity contribution in [2.24, 2.45) is 23.2 Å². The van der Waals surface area contributed by atoms with Crippen molar-refractivity contribution >= 4 is 16.6 Å². The van der Waals surface area contributed by atoms with E-state index in [-0.39, 0.29) is 11.3 Å². The maximum Gasteiger partial charge on any atom is 0.180 e. The number of benzene rings is 3. The molecule has 0 unspecified atom stereocenters. The van der Waals surface area contributed by atoms with E-state index < -0.39 is 6.10 Å². The van der Waals surface area contributed by atoms with E-state index >= 15 is 0 Å². The molecule has 8 rings (SSSR count). The summed E-state index contributed by atoms with van der Waals surface area (Å²) < 4.78 is 6.58. The van der Waals surface area contributed by atoms with Crippen molar-refractivity contribution in [1.29, 1.82) is 0 Å². The summed E-state index contributed by atoms with van der Waals surface area (Å²) in [5.41, 5.74) is 2.25. The van der Waals surface area contributed by atoms with Gasteiger partial charge in [0.05, 0.1) is 5.92 Å². The van der Waals surface area contributed by atoms with Gasteiger partial charge in [0.25, 0.3) is 0 Å². The maximum absolute atomic E-state index is 14.4. The molecular weight excluding hydrogens is 380 g/mol. The van der Waals surface area contributed by atoms with Crippen LogP contribution in [0.2, 0.25) is 0 Å². The zero-order valence-electron chi connectivity index (χ0n) is 17.8. The fourth-order valence-electron chi connectivity index (χ4n) is 7.98. The second-order valence-corrected chi connectivity index (χ2v) is 10.7. The zero-order chi connectivity index (χ0) is 20.6. The van der Waals surface area contributed by atoms with Gasteiger partial charge in [0.1, 0.15) is 5.75 Å². The van der Waals surface area contributed by atoms with Crippen LogP contribution in [0.3, 0.4) is 0 Å². The molecule has 2 heteroatoms. The molecule has 156 valence electrons. The Balaban J connectivity index is 1.36. The van der Waals surface area contributed by atoms with Gasteiger partial charge in [0.2, 0.25) is 0 Å². The van der Waals surface area contributed by atoms with Crippen LogP contribution < -0.4 is 4.74 Å². The zero-order valence-corrected chi connectivity index (χ0v) is 17.8. The minimum absolute atomic E-state index is 0.0252. The molecule has 2 nitrogen and oxygen atoms in total. The van der Waals surface area contributed by atoms with Crippen LogP contribution >= 0.6 is 0 Å². The molecular formula is C29H28O2. The summed E-state index contributed by atoms with van der Waals surface area (Å²) in [5.74, 6) is 3.54. The topological polar surface area (TPSA) is 26.3 Å². The quantitative estimate of drug-likeness (QED) is 0.493. The van der Waals surface area contributed by atoms with E-state index in [1.54, 1.807) is 0 Å². The molecule has 3 aromatic rings. The standard InChI is InChI=1S/C29H28O2/c30-28(29-15-18-12-19(16-29)14-20(13-18)17-29)27-25(22-7-2-1-3-8-22)26-23-9-5-4-6-21(23)10-11-24(26)31-27/h1-11,18-20,25,27H,12-17H2/t18?,19?,20?,25-,27-,29?/m1/s1. The van der Waals surface area contributed by atoms with E-state index in [1.165, 1.54) is 41.2 Å². The van der Waals surface area contributed by atoms with E-state index in [2.05, 4.69) is 66.7 Å². The van der Waals surface area contributed by atoms with Crippen LogP contribution in [0.4, 0.5) is 0 Å². The predicted octanol–water partition coefficient (Wildman–Crippen LogP) is 6.52. The van der Waals surface area contributed by atoms with Crippen LogP contribution in [0, 0.1) is 23.2 Å². The van der Waals surface area contributed by atoms with Gasteiger partial charge in [-0.2, -0.15) is 0 Å². The monoisotopic (exact) mass is 408 g/mol. The van der Waals surface area contributed by atoms with Gasteiger partial charge in [-0.3, -0.25) is 4.79 Å². The summed E-state index contributed by atoms with van der Waals surface area (Å²) in [7, 11) is 0. The molecule has 1 aliphatic heterocycles. The van der Waals surface area contributed by atoms with E-state index in [9.17, 15) is 4.79 Å². The van der Waals surface area contributed by atoms with Gasteiger partial charge in [-0.1, -0.05) is 60.7 Å². The van der Waals surface area contributed by atoms with Crippen LogP contribution in [0.25, 0.3) is 10.8 Å². The summed E-state index contributed by atoms with van der Waals surface area (Å²) in [6, 6.07) is 23.3. The predicted molar refractivity (Wildman–Crippen MR) is 122 cm³/mol. The SMILES string of the molecule is O=C([C@@H]1Oc2ccc3ccccc3c2[C@H]1c1ccccc1)C12CC3CC(CC(C3)C1)C2. The van der Waals surface area contributed by atoms with E-state index in [1.807, 2.05) is 0 Å². The van der Waals surface area contributed by atoms with Gasteiger partial charge in [-0.05, 0) is 78.7 Å². The third-order valence-corrected chi connectivity index (χ3v) is 8.78. The molecule has 3 aromatic carbocycles. The van der Waals surface area contributed by atoms with Crippen LogP contribution in [-0.4, -0.2) is 11.9 Å². The molecule has 1 heterocycles. The molecule has 4 saturated carbocycles. The van der Waals surface area contributed by atoms with E-state index in [4.69, 9.17) is 4.74 Å². The summed E-state index contributed by atoms with van der Waals surface area (Å²) in [6.45, 7) is 0. The number of hydrogen-bond donors (Lipinski definition) is 0. The van der Waals surface area contributed by atoms with Gasteiger partial charge in [-0.25, -0.2) is 0 Å². The molecule has 0 N–H and O–H groups in total. The number of fused-ring (bicyclic) bond motifs is 3. The van der Waals surface area contributed by atoms with E-state index in [0.717, 1.165) is 42.8 Å². The highest BCUT2D eigenvalue weighted by molar-refractivity contribution is 5.96. The van der Waals surface area contributed by atoms with E-state index in [0.29, 0.717) is 5.78 Å². The number of carbonyl (C=O) groups excluding carboxylic acids is 1. The summed E-state index contributed by atoms with van der Waals surface area (Å²) in [5, 5.41) is 2.43. The van der Waals surface area contributed by atoms with Crippen molar-refractivity contribution in [1.82, 2.24) is 0 Å². The van der Waals surface area contributed by atoms with Gasteiger partial charge >= 0.3 is 0 Å². The lowest BCUT2D eigenvalue weighted by atomic mass is 9.48. The summed E-state index contributed by atoms with van der Waals surface area (Å²) in [4.78, 5) is 14.4. The molecule has 4 fully saturated rings. The molecule has 2 atom stereocenters. The van der Waals surface area contributed by atoms with Crippen LogP contribution in [0.1, 0.15) is 55.6 Å². The molecule has 4 bridgehead atoms. The highest BCUT2D eigenvalue weighted by Crippen LogP contribution is 2.62. The van der Waals surface area contributed by atoms with Crippen molar-refractivity contribution in [3.05, 3.63) is 77.9 Å². The van der Waals surface area contributed by atoms with Gasteiger partial charge in [-0.15, -0.1) is 0 Å². The third kappa shape index (κ3) is 2.60. The van der Waals surface area contributed by atoms with Crippen LogP contribution in [0.15, 0.2) is 66.7 Å². The second-order valence-electron chi connectivity index (χ2n) is 10.7. The van der Waals surface area contributed by atoms with Crippen molar-refractivity contribution in [2.45, 2.75) is 50.5 Å². The molecule has 31 heavy (non-hydrogen) atoms. The van der Waals surface area contributed by atoms with Crippen molar-refractivity contribution < 1.29 is 9.53 Å². The third-order valence-electron chi connectivity index (χ3n) is 8.78. The van der Waals surface area contributed by atoms with Gasteiger partial charge < -0.3 is 4.74 Å².